The van der Waals surface area contributed by atoms with Gasteiger partial charge in [-0.2, -0.15) is 0 Å². The van der Waals surface area contributed by atoms with Gasteiger partial charge < -0.3 is 9.47 Å². The molecule has 0 saturated carbocycles. The molecule has 4 unspecified atom stereocenters. The first kappa shape index (κ1) is 9.03. The summed E-state index contributed by atoms with van der Waals surface area (Å²) in [5, 5.41) is 0.727. The van der Waals surface area contributed by atoms with E-state index in [4.69, 9.17) is 21.1 Å². The minimum Gasteiger partial charge on any atom is -0.455 e. The summed E-state index contributed by atoms with van der Waals surface area (Å²) < 4.78 is 10.4. The number of epoxide rings is 1. The molecule has 0 amide bonds. The molecule has 0 radical (unpaired) electrons. The summed E-state index contributed by atoms with van der Waals surface area (Å²) in [4.78, 5) is 10.7. The van der Waals surface area contributed by atoms with Crippen molar-refractivity contribution in [1.82, 2.24) is 0 Å². The highest BCUT2D eigenvalue weighted by atomic mass is 35.5. The van der Waals surface area contributed by atoms with E-state index in [2.05, 4.69) is 0 Å². The van der Waals surface area contributed by atoms with Gasteiger partial charge >= 0.3 is 5.97 Å². The lowest BCUT2D eigenvalue weighted by Gasteiger charge is -2.18. The molecular formula is C9H11ClO3. The molecule has 0 spiro atoms. The molecule has 2 rings (SSSR count). The fourth-order valence-electron chi connectivity index (χ4n) is 1.66. The summed E-state index contributed by atoms with van der Waals surface area (Å²) in [6.45, 7) is 3.39. The molecule has 0 aromatic carbocycles. The Balaban J connectivity index is 2.09. The number of hydrogen-bond donors (Lipinski definition) is 0. The van der Waals surface area contributed by atoms with Crippen molar-refractivity contribution in [2.75, 3.05) is 0 Å². The van der Waals surface area contributed by atoms with Crippen LogP contribution in [-0.2, 0) is 14.3 Å². The second-order valence-electron chi connectivity index (χ2n) is 3.48. The molecule has 1 aliphatic heterocycles. The van der Waals surface area contributed by atoms with Gasteiger partial charge in [0.15, 0.2) is 0 Å². The van der Waals surface area contributed by atoms with Crippen molar-refractivity contribution in [1.29, 1.82) is 0 Å². The fourth-order valence-corrected chi connectivity index (χ4v) is 1.90. The Labute approximate surface area is 81.6 Å². The maximum Gasteiger partial charge on any atom is 0.303 e. The Morgan fingerprint density at radius 2 is 2.31 bits per heavy atom. The lowest BCUT2D eigenvalue weighted by Crippen LogP contribution is -2.28. The highest BCUT2D eigenvalue weighted by Gasteiger charge is 2.52. The van der Waals surface area contributed by atoms with Crippen molar-refractivity contribution in [2.24, 2.45) is 5.92 Å². The normalized spacial score (nSPS) is 41.9. The molecule has 13 heavy (non-hydrogen) atoms. The number of halogens is 1. The lowest BCUT2D eigenvalue weighted by molar-refractivity contribution is -0.145. The van der Waals surface area contributed by atoms with Gasteiger partial charge in [0.1, 0.15) is 12.2 Å². The third-order valence-corrected chi connectivity index (χ3v) is 2.91. The third kappa shape index (κ3) is 1.58. The molecule has 4 atom stereocenters. The van der Waals surface area contributed by atoms with Gasteiger partial charge in [-0.25, -0.2) is 0 Å². The molecule has 2 aliphatic rings. The van der Waals surface area contributed by atoms with Gasteiger partial charge in [0.2, 0.25) is 0 Å². The van der Waals surface area contributed by atoms with Crippen LogP contribution in [0.3, 0.4) is 0 Å². The van der Waals surface area contributed by atoms with E-state index in [1.165, 1.54) is 6.92 Å². The first-order valence-electron chi connectivity index (χ1n) is 4.29. The number of esters is 1. The average molecular weight is 203 g/mol. The summed E-state index contributed by atoms with van der Waals surface area (Å²) in [7, 11) is 0. The quantitative estimate of drug-likeness (QED) is 0.477. The Morgan fingerprint density at radius 1 is 1.62 bits per heavy atom. The fraction of sp³-hybridized carbons (Fsp3) is 0.667. The van der Waals surface area contributed by atoms with Crippen molar-refractivity contribution < 1.29 is 14.3 Å². The van der Waals surface area contributed by atoms with Crippen molar-refractivity contribution in [2.45, 2.75) is 32.2 Å². The van der Waals surface area contributed by atoms with E-state index in [1.807, 2.05) is 6.92 Å². The summed E-state index contributed by atoms with van der Waals surface area (Å²) in [5.74, 6) is -0.0620. The van der Waals surface area contributed by atoms with Gasteiger partial charge in [0.05, 0.1) is 6.10 Å². The van der Waals surface area contributed by atoms with E-state index < -0.39 is 0 Å². The zero-order valence-electron chi connectivity index (χ0n) is 7.49. The molecule has 0 N–H and O–H groups in total. The predicted molar refractivity (Wildman–Crippen MR) is 47.3 cm³/mol. The van der Waals surface area contributed by atoms with Crippen molar-refractivity contribution in [3.8, 4) is 0 Å². The smallest absolute Gasteiger partial charge is 0.303 e. The average Bonchev–Trinajstić information content (AvgIpc) is 2.77. The van der Waals surface area contributed by atoms with E-state index in [9.17, 15) is 4.79 Å². The van der Waals surface area contributed by atoms with Gasteiger partial charge in [0, 0.05) is 17.9 Å². The second-order valence-corrected chi connectivity index (χ2v) is 3.92. The first-order valence-corrected chi connectivity index (χ1v) is 4.67. The summed E-state index contributed by atoms with van der Waals surface area (Å²) in [6.07, 6.45) is 1.65. The van der Waals surface area contributed by atoms with Crippen LogP contribution in [0.5, 0.6) is 0 Å². The Bertz CT molecular complexity index is 274. The van der Waals surface area contributed by atoms with Crippen LogP contribution >= 0.6 is 11.6 Å². The van der Waals surface area contributed by atoms with Gasteiger partial charge in [-0.3, -0.25) is 4.79 Å². The van der Waals surface area contributed by atoms with E-state index >= 15 is 0 Å². The van der Waals surface area contributed by atoms with Crippen LogP contribution in [0.15, 0.2) is 11.1 Å². The zero-order chi connectivity index (χ0) is 9.59. The Kier molecular flexibility index (Phi) is 2.08. The molecule has 3 nitrogen and oxygen atoms in total. The van der Waals surface area contributed by atoms with Gasteiger partial charge in [-0.1, -0.05) is 18.5 Å². The predicted octanol–water partition coefficient (Wildman–Crippen LogP) is 1.46. The van der Waals surface area contributed by atoms with Gasteiger partial charge in [-0.15, -0.1) is 0 Å². The molecule has 4 heteroatoms. The topological polar surface area (TPSA) is 38.8 Å². The maximum absolute atomic E-state index is 10.7. The number of ether oxygens (including phenoxy) is 2. The van der Waals surface area contributed by atoms with E-state index in [-0.39, 0.29) is 30.2 Å². The van der Waals surface area contributed by atoms with Crippen molar-refractivity contribution in [3.05, 3.63) is 11.1 Å². The van der Waals surface area contributed by atoms with Crippen molar-refractivity contribution in [3.63, 3.8) is 0 Å². The minimum atomic E-state index is -0.297. The van der Waals surface area contributed by atoms with E-state index in [0.29, 0.717) is 0 Å². The number of hydrogen-bond acceptors (Lipinski definition) is 3. The van der Waals surface area contributed by atoms with Crippen LogP contribution in [-0.4, -0.2) is 24.3 Å². The molecular weight excluding hydrogens is 192 g/mol. The Hall–Kier alpha value is -0.540. The van der Waals surface area contributed by atoms with Crippen LogP contribution in [0.25, 0.3) is 0 Å². The molecule has 72 valence electrons. The zero-order valence-corrected chi connectivity index (χ0v) is 8.25. The maximum atomic E-state index is 10.7. The monoisotopic (exact) mass is 202 g/mol. The molecule has 0 aromatic rings. The SMILES string of the molecule is CC(=O)OC1C=C(Cl)C(C)C2OC12. The van der Waals surface area contributed by atoms with Crippen LogP contribution in [0.1, 0.15) is 13.8 Å². The van der Waals surface area contributed by atoms with E-state index in [1.54, 1.807) is 6.08 Å². The summed E-state index contributed by atoms with van der Waals surface area (Å²) in [5.41, 5.74) is 0. The second kappa shape index (κ2) is 3.00. The number of carbonyl (C=O) groups excluding carboxylic acids is 1. The number of fused-ring (bicyclic) bond motifs is 1. The molecule has 0 bridgehead atoms. The largest absolute Gasteiger partial charge is 0.455 e. The summed E-state index contributed by atoms with van der Waals surface area (Å²) in [6, 6.07) is 0. The minimum absolute atomic E-state index is 0.0291. The van der Waals surface area contributed by atoms with E-state index in [0.717, 1.165) is 5.03 Å². The third-order valence-electron chi connectivity index (χ3n) is 2.44. The molecule has 1 fully saturated rings. The van der Waals surface area contributed by atoms with Crippen LogP contribution in [0, 0.1) is 5.92 Å². The molecule has 1 aliphatic carbocycles. The summed E-state index contributed by atoms with van der Waals surface area (Å²) >= 11 is 5.96. The van der Waals surface area contributed by atoms with Gasteiger partial charge in [-0.05, 0) is 6.08 Å². The van der Waals surface area contributed by atoms with Crippen LogP contribution < -0.4 is 0 Å². The Morgan fingerprint density at radius 3 is 2.92 bits per heavy atom. The number of rotatable bonds is 1. The first-order chi connectivity index (χ1) is 6.09. The van der Waals surface area contributed by atoms with Crippen LogP contribution in [0.4, 0.5) is 0 Å². The molecule has 0 aromatic heterocycles. The lowest BCUT2D eigenvalue weighted by atomic mass is 9.95. The molecule has 1 heterocycles. The molecule has 1 saturated heterocycles. The number of carbonyl (C=O) groups is 1. The standard InChI is InChI=1S/C9H11ClO3/c1-4-6(10)3-7(12-5(2)11)9-8(4)13-9/h3-4,7-9H,1-2H3. The highest BCUT2D eigenvalue weighted by Crippen LogP contribution is 2.42. The van der Waals surface area contributed by atoms with Crippen LogP contribution in [0.2, 0.25) is 0 Å². The highest BCUT2D eigenvalue weighted by molar-refractivity contribution is 6.30. The van der Waals surface area contributed by atoms with Gasteiger partial charge in [0.25, 0.3) is 0 Å². The van der Waals surface area contributed by atoms with Crippen molar-refractivity contribution >= 4 is 17.6 Å².